The number of carbonyl (C=O) groups excluding carboxylic acids is 1. The van der Waals surface area contributed by atoms with Gasteiger partial charge in [0.05, 0.1) is 19.1 Å². The Morgan fingerprint density at radius 2 is 1.83 bits per heavy atom. The van der Waals surface area contributed by atoms with Gasteiger partial charge >= 0.3 is 0 Å². The topological polar surface area (TPSA) is 29.5 Å². The first kappa shape index (κ1) is 15.7. The van der Waals surface area contributed by atoms with Crippen molar-refractivity contribution in [2.24, 2.45) is 0 Å². The zero-order chi connectivity index (χ0) is 16.2. The highest BCUT2D eigenvalue weighted by Crippen LogP contribution is 2.27. The van der Waals surface area contributed by atoms with E-state index in [2.05, 4.69) is 0 Å². The van der Waals surface area contributed by atoms with Gasteiger partial charge in [0, 0.05) is 18.7 Å². The van der Waals surface area contributed by atoms with Crippen LogP contribution in [0.1, 0.15) is 18.4 Å². The lowest BCUT2D eigenvalue weighted by molar-refractivity contribution is -0.136. The van der Waals surface area contributed by atoms with E-state index in [4.69, 9.17) is 4.74 Å². The maximum atomic E-state index is 14.5. The van der Waals surface area contributed by atoms with Crippen molar-refractivity contribution in [2.75, 3.05) is 26.3 Å². The molecule has 1 amide bonds. The Hall–Kier alpha value is -2.20. The number of ether oxygens (including phenoxy) is 1. The van der Waals surface area contributed by atoms with Crippen LogP contribution in [-0.2, 0) is 9.53 Å². The molecule has 4 heteroatoms. The van der Waals surface area contributed by atoms with Crippen molar-refractivity contribution in [1.82, 2.24) is 4.90 Å². The van der Waals surface area contributed by atoms with Crippen LogP contribution in [0.25, 0.3) is 11.1 Å². The maximum Gasteiger partial charge on any atom is 0.229 e. The molecule has 1 aliphatic heterocycles. The molecule has 1 fully saturated rings. The van der Waals surface area contributed by atoms with Gasteiger partial charge in [-0.15, -0.1) is 0 Å². The summed E-state index contributed by atoms with van der Waals surface area (Å²) in [5.74, 6) is -0.622. The fourth-order valence-corrected chi connectivity index (χ4v) is 2.85. The van der Waals surface area contributed by atoms with E-state index in [1.807, 2.05) is 43.3 Å². The highest BCUT2D eigenvalue weighted by atomic mass is 19.1. The van der Waals surface area contributed by atoms with Crippen molar-refractivity contribution in [1.29, 1.82) is 0 Å². The Bertz CT molecular complexity index is 681. The second kappa shape index (κ2) is 6.92. The quantitative estimate of drug-likeness (QED) is 0.868. The van der Waals surface area contributed by atoms with Crippen LogP contribution in [0.3, 0.4) is 0 Å². The Labute approximate surface area is 135 Å². The van der Waals surface area contributed by atoms with Crippen molar-refractivity contribution < 1.29 is 13.9 Å². The third-order valence-electron chi connectivity index (χ3n) is 4.27. The number of carbonyl (C=O) groups is 1. The molecule has 0 aliphatic carbocycles. The molecule has 2 aromatic carbocycles. The highest BCUT2D eigenvalue weighted by molar-refractivity contribution is 5.83. The number of rotatable bonds is 3. The molecule has 1 saturated heterocycles. The van der Waals surface area contributed by atoms with E-state index in [0.29, 0.717) is 37.4 Å². The zero-order valence-corrected chi connectivity index (χ0v) is 13.2. The Kier molecular flexibility index (Phi) is 4.72. The molecule has 1 unspecified atom stereocenters. The predicted octanol–water partition coefficient (Wildman–Crippen LogP) is 3.46. The number of benzene rings is 2. The summed E-state index contributed by atoms with van der Waals surface area (Å²) in [5.41, 5.74) is 2.10. The van der Waals surface area contributed by atoms with Gasteiger partial charge in [-0.3, -0.25) is 4.79 Å². The number of hydrogen-bond donors (Lipinski definition) is 0. The smallest absolute Gasteiger partial charge is 0.229 e. The minimum Gasteiger partial charge on any atom is -0.378 e. The third-order valence-corrected chi connectivity index (χ3v) is 4.27. The van der Waals surface area contributed by atoms with Crippen LogP contribution in [0.5, 0.6) is 0 Å². The number of nitrogens with zero attached hydrogens (tertiary/aromatic N) is 1. The van der Waals surface area contributed by atoms with E-state index in [9.17, 15) is 9.18 Å². The first-order chi connectivity index (χ1) is 11.2. The lowest BCUT2D eigenvalue weighted by Gasteiger charge is -2.29. The SMILES string of the molecule is CC(C(=O)N1CCOCC1)c1ccc(-c2ccccc2)c(F)c1. The van der Waals surface area contributed by atoms with Crippen molar-refractivity contribution in [3.63, 3.8) is 0 Å². The normalized spacial score (nSPS) is 16.2. The zero-order valence-electron chi connectivity index (χ0n) is 13.2. The summed E-state index contributed by atoms with van der Waals surface area (Å²) in [5, 5.41) is 0. The average molecular weight is 313 g/mol. The largest absolute Gasteiger partial charge is 0.378 e. The lowest BCUT2D eigenvalue weighted by Crippen LogP contribution is -2.42. The van der Waals surface area contributed by atoms with Crippen LogP contribution in [0, 0.1) is 5.82 Å². The van der Waals surface area contributed by atoms with Gasteiger partial charge in [-0.25, -0.2) is 4.39 Å². The molecule has 1 aliphatic rings. The average Bonchev–Trinajstić information content (AvgIpc) is 2.62. The molecule has 3 nitrogen and oxygen atoms in total. The molecule has 0 N–H and O–H groups in total. The molecule has 0 spiro atoms. The van der Waals surface area contributed by atoms with Gasteiger partial charge in [0.15, 0.2) is 0 Å². The van der Waals surface area contributed by atoms with Gasteiger partial charge in [-0.05, 0) is 24.1 Å². The third kappa shape index (κ3) is 3.42. The minimum atomic E-state index is -0.354. The van der Waals surface area contributed by atoms with E-state index in [1.165, 1.54) is 6.07 Å². The number of hydrogen-bond acceptors (Lipinski definition) is 2. The summed E-state index contributed by atoms with van der Waals surface area (Å²) >= 11 is 0. The Morgan fingerprint density at radius 1 is 1.13 bits per heavy atom. The molecule has 1 atom stereocenters. The first-order valence-corrected chi connectivity index (χ1v) is 7.88. The summed E-state index contributed by atoms with van der Waals surface area (Å²) in [6.07, 6.45) is 0. The molecule has 2 aromatic rings. The molecular formula is C19H20FNO2. The summed E-state index contributed by atoms with van der Waals surface area (Å²) < 4.78 is 19.7. The van der Waals surface area contributed by atoms with E-state index in [0.717, 1.165) is 5.56 Å². The molecule has 120 valence electrons. The number of amides is 1. The van der Waals surface area contributed by atoms with Crippen LogP contribution in [0.15, 0.2) is 48.5 Å². The van der Waals surface area contributed by atoms with Crippen molar-refractivity contribution in [3.8, 4) is 11.1 Å². The van der Waals surface area contributed by atoms with Gasteiger partial charge in [-0.1, -0.05) is 42.5 Å². The summed E-state index contributed by atoms with van der Waals surface area (Å²) in [4.78, 5) is 14.3. The van der Waals surface area contributed by atoms with E-state index in [1.54, 1.807) is 11.0 Å². The summed E-state index contributed by atoms with van der Waals surface area (Å²) in [6, 6.07) is 14.5. The standard InChI is InChI=1S/C19H20FNO2/c1-14(19(22)21-9-11-23-12-10-21)16-7-8-17(18(20)13-16)15-5-3-2-4-6-15/h2-8,13-14H,9-12H2,1H3. The van der Waals surface area contributed by atoms with Crippen LogP contribution in [0.4, 0.5) is 4.39 Å². The van der Waals surface area contributed by atoms with Gasteiger partial charge in [0.1, 0.15) is 5.82 Å². The summed E-state index contributed by atoms with van der Waals surface area (Å²) in [6.45, 7) is 4.18. The van der Waals surface area contributed by atoms with E-state index >= 15 is 0 Å². The molecule has 1 heterocycles. The number of halogens is 1. The van der Waals surface area contributed by atoms with Gasteiger partial charge < -0.3 is 9.64 Å². The van der Waals surface area contributed by atoms with Gasteiger partial charge in [0.25, 0.3) is 0 Å². The van der Waals surface area contributed by atoms with Crippen LogP contribution in [-0.4, -0.2) is 37.1 Å². The van der Waals surface area contributed by atoms with Crippen molar-refractivity contribution in [2.45, 2.75) is 12.8 Å². The highest BCUT2D eigenvalue weighted by Gasteiger charge is 2.24. The van der Waals surface area contributed by atoms with Crippen molar-refractivity contribution >= 4 is 5.91 Å². The van der Waals surface area contributed by atoms with Crippen LogP contribution in [0.2, 0.25) is 0 Å². The number of morpholine rings is 1. The van der Waals surface area contributed by atoms with E-state index in [-0.39, 0.29) is 17.6 Å². The maximum absolute atomic E-state index is 14.5. The van der Waals surface area contributed by atoms with Gasteiger partial charge in [-0.2, -0.15) is 0 Å². The second-order valence-electron chi connectivity index (χ2n) is 5.76. The molecule has 0 bridgehead atoms. The molecule has 0 radical (unpaired) electrons. The Morgan fingerprint density at radius 3 is 2.48 bits per heavy atom. The summed E-state index contributed by atoms with van der Waals surface area (Å²) in [7, 11) is 0. The fourth-order valence-electron chi connectivity index (χ4n) is 2.85. The molecule has 3 rings (SSSR count). The lowest BCUT2D eigenvalue weighted by atomic mass is 9.96. The fraction of sp³-hybridized carbons (Fsp3) is 0.316. The molecule has 0 saturated carbocycles. The van der Waals surface area contributed by atoms with E-state index < -0.39 is 0 Å². The van der Waals surface area contributed by atoms with Gasteiger partial charge in [0.2, 0.25) is 5.91 Å². The van der Waals surface area contributed by atoms with Crippen molar-refractivity contribution in [3.05, 3.63) is 59.9 Å². The first-order valence-electron chi connectivity index (χ1n) is 7.88. The molecular weight excluding hydrogens is 293 g/mol. The van der Waals surface area contributed by atoms with Crippen LogP contribution < -0.4 is 0 Å². The minimum absolute atomic E-state index is 0.0279. The Balaban J connectivity index is 1.80. The van der Waals surface area contributed by atoms with Crippen LogP contribution >= 0.6 is 0 Å². The molecule has 0 aromatic heterocycles. The second-order valence-corrected chi connectivity index (χ2v) is 5.76. The molecule has 23 heavy (non-hydrogen) atoms. The predicted molar refractivity (Wildman–Crippen MR) is 87.7 cm³/mol. The monoisotopic (exact) mass is 313 g/mol.